The second-order valence-electron chi connectivity index (χ2n) is 3.82. The summed E-state index contributed by atoms with van der Waals surface area (Å²) >= 11 is 0. The van der Waals surface area contributed by atoms with E-state index < -0.39 is 17.3 Å². The highest BCUT2D eigenvalue weighted by Crippen LogP contribution is 2.30. The quantitative estimate of drug-likeness (QED) is 0.579. The minimum absolute atomic E-state index is 0.0102. The molecule has 0 heterocycles. The fourth-order valence-electron chi connectivity index (χ4n) is 1.63. The fraction of sp³-hybridized carbons (Fsp3) is 0. The van der Waals surface area contributed by atoms with Crippen LogP contribution in [0.3, 0.4) is 0 Å². The number of rotatable bonds is 3. The van der Waals surface area contributed by atoms with E-state index in [9.17, 15) is 19.9 Å². The van der Waals surface area contributed by atoms with Gasteiger partial charge in [-0.15, -0.1) is 4.91 Å². The minimum atomic E-state index is -0.632. The lowest BCUT2D eigenvalue weighted by atomic mass is 10.0. The van der Waals surface area contributed by atoms with E-state index in [-0.39, 0.29) is 22.6 Å². The molecular formula is C13H9NO5. The van der Waals surface area contributed by atoms with E-state index in [1.807, 2.05) is 0 Å². The maximum atomic E-state index is 12.1. The fourth-order valence-corrected chi connectivity index (χ4v) is 1.63. The molecule has 0 saturated carbocycles. The zero-order chi connectivity index (χ0) is 14.0. The molecule has 0 saturated heterocycles. The summed E-state index contributed by atoms with van der Waals surface area (Å²) in [6.45, 7) is 0. The van der Waals surface area contributed by atoms with Crippen LogP contribution in [0, 0.1) is 4.91 Å². The van der Waals surface area contributed by atoms with Crippen molar-refractivity contribution in [1.82, 2.24) is 0 Å². The van der Waals surface area contributed by atoms with Gasteiger partial charge in [0.1, 0.15) is 22.9 Å². The third-order valence-electron chi connectivity index (χ3n) is 2.56. The lowest BCUT2D eigenvalue weighted by molar-refractivity contribution is 0.103. The lowest BCUT2D eigenvalue weighted by Crippen LogP contribution is -2.01. The van der Waals surface area contributed by atoms with Gasteiger partial charge in [0.25, 0.3) is 0 Å². The predicted octanol–water partition coefficient (Wildman–Crippen LogP) is 2.43. The number of carbonyl (C=O) groups excluding carboxylic acids is 1. The van der Waals surface area contributed by atoms with E-state index in [1.165, 1.54) is 24.3 Å². The van der Waals surface area contributed by atoms with E-state index in [1.54, 1.807) is 0 Å². The van der Waals surface area contributed by atoms with Crippen molar-refractivity contribution in [3.8, 4) is 17.2 Å². The molecule has 3 N–H and O–H groups in total. The van der Waals surface area contributed by atoms with Crippen molar-refractivity contribution in [2.24, 2.45) is 5.18 Å². The molecule has 0 aliphatic rings. The molecule has 2 rings (SSSR count). The molecule has 0 aliphatic carbocycles. The minimum Gasteiger partial charge on any atom is -0.508 e. The van der Waals surface area contributed by atoms with Crippen LogP contribution in [0.1, 0.15) is 15.9 Å². The number of phenolic OH excluding ortho intramolecular Hbond substituents is 3. The highest BCUT2D eigenvalue weighted by molar-refractivity contribution is 6.12. The zero-order valence-corrected chi connectivity index (χ0v) is 9.57. The maximum Gasteiger partial charge on any atom is 0.200 e. The number of benzene rings is 2. The van der Waals surface area contributed by atoms with Crippen LogP contribution in [0.25, 0.3) is 0 Å². The smallest absolute Gasteiger partial charge is 0.200 e. The number of aromatic hydroxyl groups is 3. The summed E-state index contributed by atoms with van der Waals surface area (Å²) in [5.41, 5.74) is -0.155. The standard InChI is InChI=1S/C13H9NO5/c15-8-2-4-10(12(17)6-8)13(18)9-3-1-7(14-19)5-11(9)16/h1-6,15-17H. The van der Waals surface area contributed by atoms with Gasteiger partial charge < -0.3 is 15.3 Å². The molecule has 0 fully saturated rings. The largest absolute Gasteiger partial charge is 0.508 e. The van der Waals surface area contributed by atoms with Crippen molar-refractivity contribution >= 4 is 11.5 Å². The van der Waals surface area contributed by atoms with Gasteiger partial charge >= 0.3 is 0 Å². The predicted molar refractivity (Wildman–Crippen MR) is 66.8 cm³/mol. The van der Waals surface area contributed by atoms with Crippen LogP contribution in [-0.2, 0) is 0 Å². The summed E-state index contributed by atoms with van der Waals surface area (Å²) in [7, 11) is 0. The Labute approximate surface area is 107 Å². The normalized spacial score (nSPS) is 10.1. The molecule has 19 heavy (non-hydrogen) atoms. The summed E-state index contributed by atoms with van der Waals surface area (Å²) in [6.07, 6.45) is 0. The summed E-state index contributed by atoms with van der Waals surface area (Å²) in [6, 6.07) is 7.06. The molecule has 0 atom stereocenters. The van der Waals surface area contributed by atoms with Gasteiger partial charge in [-0.1, -0.05) is 0 Å². The third kappa shape index (κ3) is 2.37. The first kappa shape index (κ1) is 12.6. The molecule has 0 radical (unpaired) electrons. The van der Waals surface area contributed by atoms with Crippen molar-refractivity contribution in [3.63, 3.8) is 0 Å². The SMILES string of the molecule is O=Nc1ccc(C(=O)c2ccc(O)cc2O)c(O)c1. The second kappa shape index (κ2) is 4.77. The monoisotopic (exact) mass is 259 g/mol. The number of hydrogen-bond acceptors (Lipinski definition) is 6. The number of phenols is 3. The van der Waals surface area contributed by atoms with E-state index in [2.05, 4.69) is 5.18 Å². The number of nitroso groups, excluding NO2 is 1. The number of nitrogens with zero attached hydrogens (tertiary/aromatic N) is 1. The molecule has 6 heteroatoms. The molecule has 0 amide bonds. The highest BCUT2D eigenvalue weighted by atomic mass is 16.3. The Balaban J connectivity index is 2.47. The van der Waals surface area contributed by atoms with Crippen LogP contribution in [0.15, 0.2) is 41.6 Å². The van der Waals surface area contributed by atoms with Crippen LogP contribution in [-0.4, -0.2) is 21.1 Å². The highest BCUT2D eigenvalue weighted by Gasteiger charge is 2.17. The Hall–Kier alpha value is -2.89. The molecule has 2 aromatic rings. The van der Waals surface area contributed by atoms with Crippen molar-refractivity contribution in [1.29, 1.82) is 0 Å². The lowest BCUT2D eigenvalue weighted by Gasteiger charge is -2.06. The Kier molecular flexibility index (Phi) is 3.15. The van der Waals surface area contributed by atoms with Gasteiger partial charge in [-0.3, -0.25) is 4.79 Å². The summed E-state index contributed by atoms with van der Waals surface area (Å²) < 4.78 is 0. The molecule has 6 nitrogen and oxygen atoms in total. The first-order chi connectivity index (χ1) is 9.02. The zero-order valence-electron chi connectivity index (χ0n) is 9.57. The molecule has 2 aromatic carbocycles. The Morgan fingerprint density at radius 2 is 1.47 bits per heavy atom. The first-order valence-electron chi connectivity index (χ1n) is 5.26. The van der Waals surface area contributed by atoms with Gasteiger partial charge in [0.05, 0.1) is 11.1 Å². The van der Waals surface area contributed by atoms with Crippen molar-refractivity contribution < 1.29 is 20.1 Å². The first-order valence-corrected chi connectivity index (χ1v) is 5.26. The van der Waals surface area contributed by atoms with E-state index in [0.717, 1.165) is 12.1 Å². The van der Waals surface area contributed by atoms with Crippen molar-refractivity contribution in [2.45, 2.75) is 0 Å². The van der Waals surface area contributed by atoms with Gasteiger partial charge in [0.2, 0.25) is 0 Å². The molecule has 0 aliphatic heterocycles. The van der Waals surface area contributed by atoms with E-state index in [4.69, 9.17) is 5.11 Å². The van der Waals surface area contributed by atoms with E-state index in [0.29, 0.717) is 0 Å². The molecule has 0 unspecified atom stereocenters. The molecule has 0 bridgehead atoms. The van der Waals surface area contributed by atoms with Gasteiger partial charge in [-0.2, -0.15) is 0 Å². The maximum absolute atomic E-state index is 12.1. The van der Waals surface area contributed by atoms with Gasteiger partial charge in [0, 0.05) is 12.1 Å². The van der Waals surface area contributed by atoms with Gasteiger partial charge in [-0.25, -0.2) is 0 Å². The average Bonchev–Trinajstić information content (AvgIpc) is 2.37. The molecular weight excluding hydrogens is 250 g/mol. The van der Waals surface area contributed by atoms with Crippen molar-refractivity contribution in [2.75, 3.05) is 0 Å². The van der Waals surface area contributed by atoms with Crippen molar-refractivity contribution in [3.05, 3.63) is 52.4 Å². The van der Waals surface area contributed by atoms with Crippen LogP contribution < -0.4 is 0 Å². The number of carbonyl (C=O) groups is 1. The summed E-state index contributed by atoms with van der Waals surface area (Å²) in [4.78, 5) is 22.4. The second-order valence-corrected chi connectivity index (χ2v) is 3.82. The van der Waals surface area contributed by atoms with E-state index >= 15 is 0 Å². The summed E-state index contributed by atoms with van der Waals surface area (Å²) in [5, 5.41) is 31.0. The molecule has 0 spiro atoms. The Bertz CT molecular complexity index is 666. The van der Waals surface area contributed by atoms with Crippen LogP contribution >= 0.6 is 0 Å². The van der Waals surface area contributed by atoms with Crippen LogP contribution in [0.2, 0.25) is 0 Å². The third-order valence-corrected chi connectivity index (χ3v) is 2.56. The number of hydrogen-bond donors (Lipinski definition) is 3. The van der Waals surface area contributed by atoms with Gasteiger partial charge in [0.15, 0.2) is 5.78 Å². The van der Waals surface area contributed by atoms with Gasteiger partial charge in [-0.05, 0) is 29.4 Å². The Morgan fingerprint density at radius 1 is 0.895 bits per heavy atom. The molecule has 96 valence electrons. The topological polar surface area (TPSA) is 107 Å². The molecule has 0 aromatic heterocycles. The summed E-state index contributed by atoms with van der Waals surface area (Å²) in [5.74, 6) is -1.62. The average molecular weight is 259 g/mol. The van der Waals surface area contributed by atoms with Crippen LogP contribution in [0.5, 0.6) is 17.2 Å². The Morgan fingerprint density at radius 3 is 2.00 bits per heavy atom. The number of ketones is 1. The van der Waals surface area contributed by atoms with Crippen LogP contribution in [0.4, 0.5) is 5.69 Å².